The second-order valence-electron chi connectivity index (χ2n) is 4.49. The number of rotatable bonds is 6. The van der Waals surface area contributed by atoms with E-state index in [1.54, 1.807) is 0 Å². The van der Waals surface area contributed by atoms with Gasteiger partial charge in [-0.05, 0) is 37.4 Å². The fourth-order valence-electron chi connectivity index (χ4n) is 1.64. The van der Waals surface area contributed by atoms with Gasteiger partial charge in [-0.15, -0.1) is 0 Å². The van der Waals surface area contributed by atoms with Crippen LogP contribution < -0.4 is 11.1 Å². The maximum Gasteiger partial charge on any atom is 0.224 e. The minimum atomic E-state index is -1.59. The fraction of sp³-hybridized carbons (Fsp3) is 0.462. The van der Waals surface area contributed by atoms with Gasteiger partial charge in [0.25, 0.3) is 0 Å². The summed E-state index contributed by atoms with van der Waals surface area (Å²) in [5.74, 6) is -4.41. The van der Waals surface area contributed by atoms with E-state index in [9.17, 15) is 18.0 Å². The molecular formula is C13H17F3N2O. The number of amides is 1. The first-order valence-corrected chi connectivity index (χ1v) is 6.09. The lowest BCUT2D eigenvalue weighted by molar-refractivity contribution is -0.116. The van der Waals surface area contributed by atoms with E-state index in [4.69, 9.17) is 5.73 Å². The highest BCUT2D eigenvalue weighted by atomic mass is 19.2. The van der Waals surface area contributed by atoms with Crippen molar-refractivity contribution in [3.8, 4) is 0 Å². The van der Waals surface area contributed by atoms with Gasteiger partial charge in [0.05, 0.1) is 5.69 Å². The fourth-order valence-corrected chi connectivity index (χ4v) is 1.64. The Bertz CT molecular complexity index is 452. The van der Waals surface area contributed by atoms with Gasteiger partial charge in [-0.2, -0.15) is 0 Å². The Balaban J connectivity index is 2.56. The van der Waals surface area contributed by atoms with Crippen LogP contribution in [0.5, 0.6) is 0 Å². The van der Waals surface area contributed by atoms with Crippen LogP contribution in [0, 0.1) is 23.4 Å². The van der Waals surface area contributed by atoms with Crippen molar-refractivity contribution in [1.82, 2.24) is 0 Å². The van der Waals surface area contributed by atoms with Crippen LogP contribution in [0.4, 0.5) is 18.9 Å². The molecule has 1 amide bonds. The molecule has 0 radical (unpaired) electrons. The summed E-state index contributed by atoms with van der Waals surface area (Å²) in [6.45, 7) is 2.50. The SMILES string of the molecule is CC(CCN)CCC(=O)Nc1ccc(F)c(F)c1F. The molecular weight excluding hydrogens is 257 g/mol. The summed E-state index contributed by atoms with van der Waals surface area (Å²) in [5, 5.41) is 2.22. The molecule has 3 nitrogen and oxygen atoms in total. The molecule has 0 aliphatic carbocycles. The quantitative estimate of drug-likeness (QED) is 0.784. The molecule has 1 aromatic carbocycles. The van der Waals surface area contributed by atoms with E-state index in [1.807, 2.05) is 6.92 Å². The number of anilines is 1. The maximum absolute atomic E-state index is 13.3. The minimum Gasteiger partial charge on any atom is -0.330 e. The summed E-state index contributed by atoms with van der Waals surface area (Å²) >= 11 is 0. The molecule has 0 spiro atoms. The van der Waals surface area contributed by atoms with E-state index in [0.717, 1.165) is 18.6 Å². The zero-order valence-corrected chi connectivity index (χ0v) is 10.7. The van der Waals surface area contributed by atoms with E-state index in [2.05, 4.69) is 5.32 Å². The number of nitrogens with one attached hydrogen (secondary N) is 1. The third-order valence-electron chi connectivity index (χ3n) is 2.83. The largest absolute Gasteiger partial charge is 0.330 e. The molecule has 106 valence electrons. The summed E-state index contributed by atoms with van der Waals surface area (Å²) < 4.78 is 38.9. The Morgan fingerprint density at radius 3 is 2.58 bits per heavy atom. The molecule has 1 aromatic rings. The molecule has 0 aliphatic heterocycles. The predicted molar refractivity (Wildman–Crippen MR) is 67.0 cm³/mol. The Morgan fingerprint density at radius 2 is 1.95 bits per heavy atom. The molecule has 0 heterocycles. The lowest BCUT2D eigenvalue weighted by Gasteiger charge is -2.10. The van der Waals surface area contributed by atoms with Crippen molar-refractivity contribution < 1.29 is 18.0 Å². The predicted octanol–water partition coefficient (Wildman–Crippen LogP) is 2.81. The van der Waals surface area contributed by atoms with Gasteiger partial charge in [0, 0.05) is 6.42 Å². The molecule has 6 heteroatoms. The van der Waals surface area contributed by atoms with E-state index >= 15 is 0 Å². The molecule has 19 heavy (non-hydrogen) atoms. The Kier molecular flexibility index (Phi) is 5.82. The van der Waals surface area contributed by atoms with Gasteiger partial charge in [0.1, 0.15) is 0 Å². The molecule has 0 fully saturated rings. The normalized spacial score (nSPS) is 12.3. The smallest absolute Gasteiger partial charge is 0.224 e. The molecule has 1 rings (SSSR count). The van der Waals surface area contributed by atoms with Crippen LogP contribution in [0.25, 0.3) is 0 Å². The average molecular weight is 274 g/mol. The first-order chi connectivity index (χ1) is 8.95. The number of hydrogen-bond donors (Lipinski definition) is 2. The average Bonchev–Trinajstić information content (AvgIpc) is 2.37. The molecule has 0 saturated carbocycles. The van der Waals surface area contributed by atoms with Crippen LogP contribution in [-0.2, 0) is 4.79 Å². The third-order valence-corrected chi connectivity index (χ3v) is 2.83. The van der Waals surface area contributed by atoms with Gasteiger partial charge >= 0.3 is 0 Å². The Morgan fingerprint density at radius 1 is 1.26 bits per heavy atom. The van der Waals surface area contributed by atoms with Gasteiger partial charge in [0.2, 0.25) is 5.91 Å². The van der Waals surface area contributed by atoms with Crippen molar-refractivity contribution in [2.45, 2.75) is 26.2 Å². The standard InChI is InChI=1S/C13H17F3N2O/c1-8(6-7-17)2-5-11(19)18-10-4-3-9(14)12(15)13(10)16/h3-4,8H,2,5-7,17H2,1H3,(H,18,19). The first kappa shape index (κ1) is 15.5. The molecule has 1 unspecified atom stereocenters. The van der Waals surface area contributed by atoms with Crippen LogP contribution in [0.2, 0.25) is 0 Å². The second-order valence-corrected chi connectivity index (χ2v) is 4.49. The number of nitrogens with two attached hydrogens (primary N) is 1. The number of carbonyl (C=O) groups is 1. The van der Waals surface area contributed by atoms with Crippen molar-refractivity contribution >= 4 is 11.6 Å². The number of halogens is 3. The van der Waals surface area contributed by atoms with Crippen molar-refractivity contribution in [1.29, 1.82) is 0 Å². The number of benzene rings is 1. The van der Waals surface area contributed by atoms with Gasteiger partial charge in [0.15, 0.2) is 17.5 Å². The molecule has 0 aromatic heterocycles. The zero-order valence-electron chi connectivity index (χ0n) is 10.7. The summed E-state index contributed by atoms with van der Waals surface area (Å²) in [5.41, 5.74) is 5.03. The first-order valence-electron chi connectivity index (χ1n) is 6.09. The topological polar surface area (TPSA) is 55.1 Å². The van der Waals surface area contributed by atoms with Crippen LogP contribution in [0.1, 0.15) is 26.2 Å². The van der Waals surface area contributed by atoms with Crippen LogP contribution in [0.15, 0.2) is 12.1 Å². The van der Waals surface area contributed by atoms with Gasteiger partial charge in [-0.25, -0.2) is 13.2 Å². The van der Waals surface area contributed by atoms with Crippen molar-refractivity contribution in [2.24, 2.45) is 11.7 Å². The minimum absolute atomic E-state index is 0.180. The number of hydrogen-bond acceptors (Lipinski definition) is 2. The van der Waals surface area contributed by atoms with E-state index in [-0.39, 0.29) is 18.0 Å². The summed E-state index contributed by atoms with van der Waals surface area (Å²) in [7, 11) is 0. The van der Waals surface area contributed by atoms with E-state index < -0.39 is 23.4 Å². The van der Waals surface area contributed by atoms with Crippen molar-refractivity contribution in [2.75, 3.05) is 11.9 Å². The molecule has 0 bridgehead atoms. The van der Waals surface area contributed by atoms with Crippen molar-refractivity contribution in [3.05, 3.63) is 29.6 Å². The van der Waals surface area contributed by atoms with Crippen LogP contribution >= 0.6 is 0 Å². The molecule has 0 saturated heterocycles. The highest BCUT2D eigenvalue weighted by Crippen LogP contribution is 2.20. The molecule has 1 atom stereocenters. The zero-order chi connectivity index (χ0) is 14.4. The maximum atomic E-state index is 13.3. The Labute approximate surface area is 110 Å². The highest BCUT2D eigenvalue weighted by Gasteiger charge is 2.15. The lowest BCUT2D eigenvalue weighted by Crippen LogP contribution is -2.15. The highest BCUT2D eigenvalue weighted by molar-refractivity contribution is 5.90. The van der Waals surface area contributed by atoms with Gasteiger partial charge < -0.3 is 11.1 Å². The molecule has 3 N–H and O–H groups in total. The summed E-state index contributed by atoms with van der Waals surface area (Å²) in [6, 6.07) is 1.76. The monoisotopic (exact) mass is 274 g/mol. The van der Waals surface area contributed by atoms with Gasteiger partial charge in [-0.1, -0.05) is 6.92 Å². The van der Waals surface area contributed by atoms with Crippen LogP contribution in [-0.4, -0.2) is 12.5 Å². The van der Waals surface area contributed by atoms with Crippen LogP contribution in [0.3, 0.4) is 0 Å². The lowest BCUT2D eigenvalue weighted by atomic mass is 10.0. The summed E-state index contributed by atoms with van der Waals surface area (Å²) in [6.07, 6.45) is 1.58. The second kappa shape index (κ2) is 7.13. The van der Waals surface area contributed by atoms with E-state index in [0.29, 0.717) is 13.0 Å². The summed E-state index contributed by atoms with van der Waals surface area (Å²) in [4.78, 5) is 11.5. The van der Waals surface area contributed by atoms with E-state index in [1.165, 1.54) is 0 Å². The van der Waals surface area contributed by atoms with Crippen molar-refractivity contribution in [3.63, 3.8) is 0 Å². The third kappa shape index (κ3) is 4.55. The Hall–Kier alpha value is -1.56. The molecule has 0 aliphatic rings. The number of carbonyl (C=O) groups excluding carboxylic acids is 1. The van der Waals surface area contributed by atoms with Gasteiger partial charge in [-0.3, -0.25) is 4.79 Å².